The van der Waals surface area contributed by atoms with Crippen LogP contribution in [0, 0.1) is 0 Å². The van der Waals surface area contributed by atoms with E-state index in [1.807, 2.05) is 0 Å². The topological polar surface area (TPSA) is 116 Å². The first kappa shape index (κ1) is 18.6. The molecule has 9 nitrogen and oxygen atoms in total. The third-order valence-electron chi connectivity index (χ3n) is 4.62. The van der Waals surface area contributed by atoms with Gasteiger partial charge in [-0.05, 0) is 30.7 Å². The lowest BCUT2D eigenvalue weighted by molar-refractivity contribution is -0.116. The lowest BCUT2D eigenvalue weighted by Crippen LogP contribution is -2.29. The highest BCUT2D eigenvalue weighted by Crippen LogP contribution is 2.26. The van der Waals surface area contributed by atoms with Crippen LogP contribution >= 0.6 is 11.6 Å². The Hall–Kier alpha value is -2.72. The maximum absolute atomic E-state index is 12.4. The van der Waals surface area contributed by atoms with Crippen LogP contribution in [-0.2, 0) is 21.2 Å². The molecule has 3 heterocycles. The second kappa shape index (κ2) is 7.02. The van der Waals surface area contributed by atoms with Crippen molar-refractivity contribution in [3.8, 4) is 0 Å². The number of hydrogen-bond donors (Lipinski definition) is 1. The predicted octanol–water partition coefficient (Wildman–Crippen LogP) is 1.24. The minimum absolute atomic E-state index is 0.0000404. The van der Waals surface area contributed by atoms with Crippen molar-refractivity contribution in [1.29, 1.82) is 0 Å². The molecule has 1 N–H and O–H groups in total. The number of nitrogens with zero attached hydrogens (tertiary/aromatic N) is 4. The monoisotopic (exact) mass is 421 g/mol. The highest BCUT2D eigenvalue weighted by atomic mass is 35.5. The Labute approximate surface area is 164 Å². The molecule has 1 aromatic carbocycles. The van der Waals surface area contributed by atoms with E-state index < -0.39 is 21.4 Å². The largest absolute Gasteiger partial charge is 0.348 e. The van der Waals surface area contributed by atoms with Gasteiger partial charge in [-0.2, -0.15) is 10.1 Å². The number of halogens is 1. The van der Waals surface area contributed by atoms with Gasteiger partial charge in [0.1, 0.15) is 12.1 Å². The van der Waals surface area contributed by atoms with Crippen LogP contribution in [0.5, 0.6) is 0 Å². The van der Waals surface area contributed by atoms with Gasteiger partial charge in [-0.1, -0.05) is 11.6 Å². The van der Waals surface area contributed by atoms with Crippen LogP contribution in [0.4, 0.5) is 5.69 Å². The second-order valence-electron chi connectivity index (χ2n) is 6.60. The van der Waals surface area contributed by atoms with Gasteiger partial charge in [0.2, 0.25) is 5.91 Å². The Bertz CT molecular complexity index is 1220. The zero-order valence-electron chi connectivity index (χ0n) is 14.6. The fourth-order valence-electron chi connectivity index (χ4n) is 3.27. The molecule has 28 heavy (non-hydrogen) atoms. The highest BCUT2D eigenvalue weighted by molar-refractivity contribution is 7.91. The molecule has 0 radical (unpaired) electrons. The Morgan fingerprint density at radius 1 is 1.21 bits per heavy atom. The quantitative estimate of drug-likeness (QED) is 0.677. The zero-order valence-corrected chi connectivity index (χ0v) is 16.2. The number of carbonyl (C=O) groups is 1. The molecule has 0 bridgehead atoms. The maximum atomic E-state index is 12.4. The van der Waals surface area contributed by atoms with Gasteiger partial charge in [0.05, 0.1) is 35.5 Å². The summed E-state index contributed by atoms with van der Waals surface area (Å²) in [6.07, 6.45) is 3.28. The molecule has 1 atom stereocenters. The fraction of sp³-hybridized carbons (Fsp3) is 0.294. The number of anilines is 1. The first-order valence-corrected chi connectivity index (χ1v) is 10.7. The van der Waals surface area contributed by atoms with E-state index in [2.05, 4.69) is 15.4 Å². The van der Waals surface area contributed by atoms with Crippen molar-refractivity contribution in [2.75, 3.05) is 16.8 Å². The Kier molecular flexibility index (Phi) is 4.68. The highest BCUT2D eigenvalue weighted by Gasteiger charge is 2.31. The van der Waals surface area contributed by atoms with Crippen molar-refractivity contribution in [2.45, 2.75) is 19.0 Å². The zero-order chi connectivity index (χ0) is 19.9. The van der Waals surface area contributed by atoms with Gasteiger partial charge in [0.15, 0.2) is 9.84 Å². The number of fused-ring (bicyclic) bond motifs is 1. The third-order valence-corrected chi connectivity index (χ3v) is 6.62. The summed E-state index contributed by atoms with van der Waals surface area (Å²) in [5.74, 6) is -0.301. The first-order valence-electron chi connectivity index (χ1n) is 8.51. The first-order chi connectivity index (χ1) is 13.3. The number of benzene rings is 1. The Balaban J connectivity index is 1.62. The molecule has 1 aliphatic rings. The molecule has 0 aliphatic carbocycles. The van der Waals surface area contributed by atoms with Crippen molar-refractivity contribution in [1.82, 2.24) is 19.3 Å². The Morgan fingerprint density at radius 2 is 1.96 bits per heavy atom. The number of carbonyl (C=O) groups excluding carboxylic acids is 1. The summed E-state index contributed by atoms with van der Waals surface area (Å²) in [6.45, 7) is -0.250. The van der Waals surface area contributed by atoms with E-state index >= 15 is 0 Å². The average Bonchev–Trinajstić information content (AvgIpc) is 3.22. The van der Waals surface area contributed by atoms with E-state index in [0.29, 0.717) is 28.2 Å². The van der Waals surface area contributed by atoms with Crippen LogP contribution < -0.4 is 11.0 Å². The number of aromatic nitrogens is 4. The summed E-state index contributed by atoms with van der Waals surface area (Å²) in [4.78, 5) is 28.4. The summed E-state index contributed by atoms with van der Waals surface area (Å²) in [5.41, 5.74) is 0.906. The van der Waals surface area contributed by atoms with Crippen molar-refractivity contribution >= 4 is 44.1 Å². The van der Waals surface area contributed by atoms with E-state index in [-0.39, 0.29) is 24.1 Å². The SMILES string of the molecule is O=C(Cn1c(=O)ncc2c1cnn2[C@H]1CCS(=O)(=O)C1)Nc1ccc(Cl)cc1. The lowest BCUT2D eigenvalue weighted by atomic mass is 10.2. The molecule has 0 unspecified atom stereocenters. The lowest BCUT2D eigenvalue weighted by Gasteiger charge is -2.11. The van der Waals surface area contributed by atoms with E-state index in [0.717, 1.165) is 0 Å². The molecule has 1 saturated heterocycles. The molecule has 1 aliphatic heterocycles. The summed E-state index contributed by atoms with van der Waals surface area (Å²) in [6, 6.07) is 6.29. The number of hydrogen-bond acceptors (Lipinski definition) is 6. The Morgan fingerprint density at radius 3 is 2.64 bits per heavy atom. The molecule has 1 fully saturated rings. The van der Waals surface area contributed by atoms with Gasteiger partial charge in [-0.15, -0.1) is 0 Å². The molecule has 0 spiro atoms. The summed E-state index contributed by atoms with van der Waals surface area (Å²) in [7, 11) is -3.09. The summed E-state index contributed by atoms with van der Waals surface area (Å²) < 4.78 is 26.3. The van der Waals surface area contributed by atoms with Gasteiger partial charge in [-0.25, -0.2) is 13.2 Å². The van der Waals surface area contributed by atoms with Crippen molar-refractivity contribution < 1.29 is 13.2 Å². The fourth-order valence-corrected chi connectivity index (χ4v) is 5.09. The van der Waals surface area contributed by atoms with Crippen molar-refractivity contribution in [2.24, 2.45) is 0 Å². The van der Waals surface area contributed by atoms with Crippen LogP contribution in [0.3, 0.4) is 0 Å². The molecule has 2 aromatic heterocycles. The van der Waals surface area contributed by atoms with Crippen LogP contribution in [0.2, 0.25) is 5.02 Å². The molecular weight excluding hydrogens is 406 g/mol. The number of nitrogens with one attached hydrogen (secondary N) is 1. The van der Waals surface area contributed by atoms with E-state index in [1.54, 1.807) is 28.9 Å². The normalized spacial score (nSPS) is 18.4. The number of rotatable bonds is 4. The van der Waals surface area contributed by atoms with E-state index in [1.165, 1.54) is 17.0 Å². The predicted molar refractivity (Wildman–Crippen MR) is 104 cm³/mol. The van der Waals surface area contributed by atoms with Crippen LogP contribution in [0.1, 0.15) is 12.5 Å². The smallest absolute Gasteiger partial charge is 0.325 e. The molecular formula is C17H16ClN5O4S. The van der Waals surface area contributed by atoms with Gasteiger partial charge in [-0.3, -0.25) is 14.0 Å². The van der Waals surface area contributed by atoms with Gasteiger partial charge in [0, 0.05) is 10.7 Å². The van der Waals surface area contributed by atoms with Gasteiger partial charge >= 0.3 is 5.69 Å². The average molecular weight is 422 g/mol. The van der Waals surface area contributed by atoms with E-state index in [9.17, 15) is 18.0 Å². The molecule has 3 aromatic rings. The van der Waals surface area contributed by atoms with E-state index in [4.69, 9.17) is 11.6 Å². The molecule has 1 amide bonds. The maximum Gasteiger partial charge on any atom is 0.348 e. The number of sulfone groups is 1. The van der Waals surface area contributed by atoms with Crippen LogP contribution in [-0.4, -0.2) is 45.2 Å². The minimum Gasteiger partial charge on any atom is -0.325 e. The number of amides is 1. The summed E-state index contributed by atoms with van der Waals surface area (Å²) >= 11 is 5.82. The van der Waals surface area contributed by atoms with Gasteiger partial charge < -0.3 is 5.32 Å². The second-order valence-corrected chi connectivity index (χ2v) is 9.26. The minimum atomic E-state index is -3.09. The third kappa shape index (κ3) is 3.65. The van der Waals surface area contributed by atoms with Crippen LogP contribution in [0.15, 0.2) is 41.5 Å². The summed E-state index contributed by atoms with van der Waals surface area (Å²) in [5, 5.41) is 7.49. The molecule has 11 heteroatoms. The van der Waals surface area contributed by atoms with Crippen molar-refractivity contribution in [3.63, 3.8) is 0 Å². The standard InChI is InChI=1S/C17H16ClN5O4S/c18-11-1-3-12(4-2-11)21-16(24)9-22-14-8-20-23(15(14)7-19-17(22)25)13-5-6-28(26,27)10-13/h1-4,7-8,13H,5-6,9-10H2,(H,21,24)/t13-/m0/s1. The molecule has 146 valence electrons. The van der Waals surface area contributed by atoms with Gasteiger partial charge in [0.25, 0.3) is 0 Å². The molecule has 4 rings (SSSR count). The van der Waals surface area contributed by atoms with Crippen LogP contribution in [0.25, 0.3) is 11.0 Å². The van der Waals surface area contributed by atoms with Crippen molar-refractivity contribution in [3.05, 3.63) is 52.2 Å². The molecule has 0 saturated carbocycles.